The largest absolute Gasteiger partial charge is 1.00 e. The van der Waals surface area contributed by atoms with Crippen LogP contribution in [0, 0.1) is 0 Å². The lowest BCUT2D eigenvalue weighted by molar-refractivity contribution is -0.661. The fourth-order valence-corrected chi connectivity index (χ4v) is 1.75. The maximum absolute atomic E-state index is 5.91. The van der Waals surface area contributed by atoms with Crippen molar-refractivity contribution in [2.24, 2.45) is 0 Å². The number of fused-ring (bicyclic) bond motifs is 1. The molecule has 0 fully saturated rings. The Morgan fingerprint density at radius 1 is 1.19 bits per heavy atom. The average Bonchev–Trinajstić information content (AvgIpc) is 2.29. The van der Waals surface area contributed by atoms with Gasteiger partial charge in [-0.05, 0) is 12.1 Å². The first-order valence-corrected chi connectivity index (χ1v) is 5.44. The molecule has 0 spiro atoms. The van der Waals surface area contributed by atoms with Crippen molar-refractivity contribution in [3.05, 3.63) is 53.2 Å². The molecule has 0 bridgehead atoms. The number of aromatic nitrogens is 1. The van der Waals surface area contributed by atoms with E-state index in [2.05, 4.69) is 22.8 Å². The number of hydrogen-bond acceptors (Lipinski definition) is 0. The number of para-hydroxylation sites is 1. The second-order valence-corrected chi connectivity index (χ2v) is 3.95. The Morgan fingerprint density at radius 2 is 1.88 bits per heavy atom. The Labute approximate surface area is 122 Å². The van der Waals surface area contributed by atoms with E-state index in [1.54, 1.807) is 0 Å². The minimum Gasteiger partial charge on any atom is -1.00 e. The summed E-state index contributed by atoms with van der Waals surface area (Å²) < 4.78 is 2.07. The molecule has 16 heavy (non-hydrogen) atoms. The van der Waals surface area contributed by atoms with Gasteiger partial charge in [0, 0.05) is 23.1 Å². The highest BCUT2D eigenvalue weighted by Gasteiger charge is 2.08. The third kappa shape index (κ3) is 3.09. The van der Waals surface area contributed by atoms with Gasteiger partial charge in [0.25, 0.3) is 0 Å². The monoisotopic (exact) mass is 365 g/mol. The van der Waals surface area contributed by atoms with Crippen LogP contribution in [0.15, 0.2) is 53.2 Å². The molecule has 1 heterocycles. The Morgan fingerprint density at radius 3 is 2.62 bits per heavy atom. The summed E-state index contributed by atoms with van der Waals surface area (Å²) in [5.74, 6) is 0. The minimum atomic E-state index is 0. The number of nitrogens with zero attached hydrogens (tertiary/aromatic N) is 1. The molecule has 4 heteroatoms. The Bertz CT molecular complexity index is 506. The van der Waals surface area contributed by atoms with Crippen LogP contribution in [-0.2, 0) is 6.54 Å². The van der Waals surface area contributed by atoms with Crippen molar-refractivity contribution in [2.75, 3.05) is 0 Å². The first kappa shape index (κ1) is 13.7. The summed E-state index contributed by atoms with van der Waals surface area (Å²) >= 11 is 11.5. The highest BCUT2D eigenvalue weighted by atomic mass is 127. The molecule has 1 aromatic heterocycles. The van der Waals surface area contributed by atoms with E-state index < -0.39 is 0 Å². The standard InChI is InChI=1S/C12H10Cl2N.HI/c13-8-11(14)9-15-7-3-5-10-4-1-2-6-12(10)15;/h1-8H,9H2;1H/q+1;/p-1. The van der Waals surface area contributed by atoms with Gasteiger partial charge in [-0.15, -0.1) is 0 Å². The zero-order chi connectivity index (χ0) is 10.7. The molecule has 1 nitrogen and oxygen atoms in total. The summed E-state index contributed by atoms with van der Waals surface area (Å²) in [6, 6.07) is 12.2. The van der Waals surface area contributed by atoms with Gasteiger partial charge in [-0.2, -0.15) is 4.57 Å². The van der Waals surface area contributed by atoms with E-state index in [0.29, 0.717) is 11.6 Å². The smallest absolute Gasteiger partial charge is 0.212 e. The fraction of sp³-hybridized carbons (Fsp3) is 0.0833. The SMILES string of the molecule is ClC=C(Cl)C[n+]1cccc2ccccc21.[I-]. The summed E-state index contributed by atoms with van der Waals surface area (Å²) in [6.45, 7) is 0.604. The minimum absolute atomic E-state index is 0. The van der Waals surface area contributed by atoms with Gasteiger partial charge in [-0.1, -0.05) is 35.3 Å². The van der Waals surface area contributed by atoms with Crippen molar-refractivity contribution in [1.82, 2.24) is 0 Å². The lowest BCUT2D eigenvalue weighted by Crippen LogP contribution is -3.00. The number of halogens is 3. The van der Waals surface area contributed by atoms with Gasteiger partial charge in [0.05, 0.1) is 5.03 Å². The van der Waals surface area contributed by atoms with Gasteiger partial charge in [0.15, 0.2) is 12.7 Å². The molecule has 2 rings (SSSR count). The molecule has 0 saturated carbocycles. The fourth-order valence-electron chi connectivity index (χ4n) is 1.56. The zero-order valence-electron chi connectivity index (χ0n) is 8.41. The quantitative estimate of drug-likeness (QED) is 0.537. The van der Waals surface area contributed by atoms with E-state index in [1.165, 1.54) is 10.9 Å². The average molecular weight is 366 g/mol. The molecular weight excluding hydrogens is 356 g/mol. The zero-order valence-corrected chi connectivity index (χ0v) is 12.1. The van der Waals surface area contributed by atoms with Crippen molar-refractivity contribution in [3.63, 3.8) is 0 Å². The predicted octanol–water partition coefficient (Wildman–Crippen LogP) is 0.450. The van der Waals surface area contributed by atoms with Gasteiger partial charge in [0.2, 0.25) is 5.52 Å². The van der Waals surface area contributed by atoms with Gasteiger partial charge in [0.1, 0.15) is 0 Å². The van der Waals surface area contributed by atoms with Crippen molar-refractivity contribution in [3.8, 4) is 0 Å². The van der Waals surface area contributed by atoms with E-state index in [1.807, 2.05) is 24.4 Å². The molecule has 0 amide bonds. The van der Waals surface area contributed by atoms with E-state index in [-0.39, 0.29) is 24.0 Å². The first-order valence-electron chi connectivity index (χ1n) is 4.63. The lowest BCUT2D eigenvalue weighted by Gasteiger charge is -1.99. The van der Waals surface area contributed by atoms with Gasteiger partial charge >= 0.3 is 0 Å². The highest BCUT2D eigenvalue weighted by molar-refractivity contribution is 6.36. The summed E-state index contributed by atoms with van der Waals surface area (Å²) in [4.78, 5) is 0. The van der Waals surface area contributed by atoms with E-state index in [4.69, 9.17) is 23.2 Å². The summed E-state index contributed by atoms with van der Waals surface area (Å²) in [6.07, 6.45) is 1.99. The van der Waals surface area contributed by atoms with Crippen molar-refractivity contribution < 1.29 is 28.5 Å². The van der Waals surface area contributed by atoms with Gasteiger partial charge in [-0.25, -0.2) is 0 Å². The first-order chi connectivity index (χ1) is 7.31. The molecule has 0 aliphatic heterocycles. The van der Waals surface area contributed by atoms with Crippen LogP contribution in [0.1, 0.15) is 0 Å². The Kier molecular flexibility index (Phi) is 5.52. The Balaban J connectivity index is 0.00000128. The Hall–Kier alpha value is -0.320. The summed E-state index contributed by atoms with van der Waals surface area (Å²) in [5.41, 5.74) is 2.55. The molecule has 84 valence electrons. The molecule has 0 unspecified atom stereocenters. The third-order valence-electron chi connectivity index (χ3n) is 2.23. The lowest BCUT2D eigenvalue weighted by atomic mass is 10.2. The van der Waals surface area contributed by atoms with E-state index in [9.17, 15) is 0 Å². The van der Waals surface area contributed by atoms with Crippen LogP contribution in [0.2, 0.25) is 0 Å². The van der Waals surface area contributed by atoms with Crippen LogP contribution in [-0.4, -0.2) is 0 Å². The van der Waals surface area contributed by atoms with Crippen LogP contribution >= 0.6 is 23.2 Å². The highest BCUT2D eigenvalue weighted by Crippen LogP contribution is 2.10. The molecule has 0 saturated heterocycles. The number of rotatable bonds is 2. The van der Waals surface area contributed by atoms with Crippen LogP contribution in [0.5, 0.6) is 0 Å². The second kappa shape index (κ2) is 6.42. The van der Waals surface area contributed by atoms with Crippen molar-refractivity contribution >= 4 is 34.1 Å². The normalized spacial score (nSPS) is 11.2. The van der Waals surface area contributed by atoms with E-state index >= 15 is 0 Å². The maximum Gasteiger partial charge on any atom is 0.212 e. The second-order valence-electron chi connectivity index (χ2n) is 3.25. The summed E-state index contributed by atoms with van der Waals surface area (Å²) in [5, 5.41) is 1.82. The molecular formula is C12H10Cl2IN. The topological polar surface area (TPSA) is 3.88 Å². The number of allylic oxidation sites excluding steroid dienone is 1. The molecule has 0 atom stereocenters. The van der Waals surface area contributed by atoms with Crippen LogP contribution in [0.3, 0.4) is 0 Å². The molecule has 0 aliphatic rings. The molecule has 0 N–H and O–H groups in total. The number of benzene rings is 1. The van der Waals surface area contributed by atoms with Crippen LogP contribution in [0.25, 0.3) is 10.9 Å². The van der Waals surface area contributed by atoms with Crippen LogP contribution in [0.4, 0.5) is 0 Å². The molecule has 0 aliphatic carbocycles. The number of hydrogen-bond donors (Lipinski definition) is 0. The predicted molar refractivity (Wildman–Crippen MR) is 63.9 cm³/mol. The van der Waals surface area contributed by atoms with E-state index in [0.717, 1.165) is 5.52 Å². The third-order valence-corrected chi connectivity index (χ3v) is 2.83. The maximum atomic E-state index is 5.91. The number of pyridine rings is 1. The van der Waals surface area contributed by atoms with Crippen molar-refractivity contribution in [2.45, 2.75) is 6.54 Å². The van der Waals surface area contributed by atoms with Crippen molar-refractivity contribution in [1.29, 1.82) is 0 Å². The molecule has 2 aromatic rings. The molecule has 1 aromatic carbocycles. The van der Waals surface area contributed by atoms with Gasteiger partial charge < -0.3 is 24.0 Å². The summed E-state index contributed by atoms with van der Waals surface area (Å²) in [7, 11) is 0. The van der Waals surface area contributed by atoms with Gasteiger partial charge in [-0.3, -0.25) is 0 Å². The molecule has 0 radical (unpaired) electrons. The van der Waals surface area contributed by atoms with Crippen LogP contribution < -0.4 is 28.5 Å².